The zero-order valence-corrected chi connectivity index (χ0v) is 19.5. The van der Waals surface area contributed by atoms with E-state index in [1.54, 1.807) is 24.3 Å². The van der Waals surface area contributed by atoms with Crippen molar-refractivity contribution in [3.05, 3.63) is 66.5 Å². The summed E-state index contributed by atoms with van der Waals surface area (Å²) in [5.74, 6) is -0.566. The molecule has 3 aliphatic rings. The number of imide groups is 1. The number of halogens is 1. The molecule has 0 saturated carbocycles. The fourth-order valence-electron chi connectivity index (χ4n) is 4.85. The number of fused-ring (bicyclic) bond motifs is 1. The highest BCUT2D eigenvalue weighted by atomic mass is 32.2. The van der Waals surface area contributed by atoms with Crippen LogP contribution in [0.25, 0.3) is 0 Å². The van der Waals surface area contributed by atoms with Gasteiger partial charge in [0.1, 0.15) is 5.82 Å². The van der Waals surface area contributed by atoms with Crippen molar-refractivity contribution in [2.24, 2.45) is 11.8 Å². The monoisotopic (exact) mass is 479 g/mol. The van der Waals surface area contributed by atoms with Crippen LogP contribution in [-0.4, -0.2) is 54.6 Å². The van der Waals surface area contributed by atoms with Crippen LogP contribution in [0.3, 0.4) is 0 Å². The molecule has 0 bridgehead atoms. The van der Waals surface area contributed by atoms with Crippen LogP contribution < -0.4 is 9.80 Å². The van der Waals surface area contributed by atoms with Crippen molar-refractivity contribution in [2.45, 2.75) is 17.7 Å². The summed E-state index contributed by atoms with van der Waals surface area (Å²) in [6, 6.07) is 13.7. The fraction of sp³-hybridized carbons (Fsp3) is 0.346. The molecule has 0 unspecified atom stereocenters. The summed E-state index contributed by atoms with van der Waals surface area (Å²) in [4.78, 5) is 44.5. The van der Waals surface area contributed by atoms with Crippen LogP contribution in [0.1, 0.15) is 12.8 Å². The van der Waals surface area contributed by atoms with Crippen molar-refractivity contribution in [1.82, 2.24) is 4.90 Å². The number of amides is 3. The summed E-state index contributed by atoms with van der Waals surface area (Å²) in [6.45, 7) is 2.69. The van der Waals surface area contributed by atoms with Crippen LogP contribution in [0, 0.1) is 17.7 Å². The predicted molar refractivity (Wildman–Crippen MR) is 130 cm³/mol. The summed E-state index contributed by atoms with van der Waals surface area (Å²) in [7, 11) is 0. The molecule has 2 fully saturated rings. The standard InChI is InChI=1S/C26H26FN3O3S/c27-18-5-7-19(8-6-18)28-13-15-29(16-14-28)24(31)17-34-21-11-9-20(10-12-21)30-25(32)22-3-1-2-4-23(22)26(30)33/h1-2,5-12,22-23H,3-4,13-17H2/t22-,23-/m1/s1. The zero-order valence-electron chi connectivity index (χ0n) is 18.7. The quantitative estimate of drug-likeness (QED) is 0.372. The number of carbonyl (C=O) groups is 3. The Kier molecular flexibility index (Phi) is 6.41. The van der Waals surface area contributed by atoms with Crippen molar-refractivity contribution in [3.63, 3.8) is 0 Å². The van der Waals surface area contributed by atoms with Crippen molar-refractivity contribution in [2.75, 3.05) is 41.7 Å². The first-order valence-electron chi connectivity index (χ1n) is 11.6. The zero-order chi connectivity index (χ0) is 23.7. The third-order valence-corrected chi connectivity index (χ3v) is 7.79. The first-order chi connectivity index (χ1) is 16.5. The van der Waals surface area contributed by atoms with Gasteiger partial charge in [0.05, 0.1) is 23.3 Å². The molecule has 2 aromatic carbocycles. The maximum atomic E-state index is 13.1. The third-order valence-electron chi connectivity index (χ3n) is 6.79. The first-order valence-corrected chi connectivity index (χ1v) is 12.5. The molecule has 2 saturated heterocycles. The van der Waals surface area contributed by atoms with E-state index in [0.717, 1.165) is 10.6 Å². The molecule has 5 rings (SSSR count). The van der Waals surface area contributed by atoms with E-state index in [-0.39, 0.29) is 35.4 Å². The highest BCUT2D eigenvalue weighted by molar-refractivity contribution is 8.00. The Hall–Kier alpha value is -3.13. The average molecular weight is 480 g/mol. The number of benzene rings is 2. The maximum absolute atomic E-state index is 13.1. The highest BCUT2D eigenvalue weighted by Gasteiger charge is 2.47. The van der Waals surface area contributed by atoms with Gasteiger partial charge in [-0.25, -0.2) is 4.39 Å². The van der Waals surface area contributed by atoms with Crippen molar-refractivity contribution < 1.29 is 18.8 Å². The molecule has 0 spiro atoms. The Morgan fingerprint density at radius 2 is 1.38 bits per heavy atom. The minimum atomic E-state index is -0.253. The van der Waals surface area contributed by atoms with E-state index in [0.29, 0.717) is 50.5 Å². The van der Waals surface area contributed by atoms with Gasteiger partial charge in [-0.2, -0.15) is 0 Å². The number of piperazine rings is 1. The van der Waals surface area contributed by atoms with E-state index in [1.807, 2.05) is 29.2 Å². The average Bonchev–Trinajstić information content (AvgIpc) is 3.13. The molecule has 2 atom stereocenters. The number of nitrogens with zero attached hydrogens (tertiary/aromatic N) is 3. The molecule has 34 heavy (non-hydrogen) atoms. The summed E-state index contributed by atoms with van der Waals surface area (Å²) < 4.78 is 13.1. The van der Waals surface area contributed by atoms with Gasteiger partial charge in [0.25, 0.3) is 0 Å². The van der Waals surface area contributed by atoms with Crippen LogP contribution in [-0.2, 0) is 14.4 Å². The number of allylic oxidation sites excluding steroid dienone is 2. The minimum absolute atomic E-state index is 0.0781. The lowest BCUT2D eigenvalue weighted by molar-refractivity contribution is -0.128. The molecule has 0 radical (unpaired) electrons. The Balaban J connectivity index is 1.13. The Morgan fingerprint density at radius 1 is 0.824 bits per heavy atom. The van der Waals surface area contributed by atoms with E-state index < -0.39 is 0 Å². The number of thioether (sulfide) groups is 1. The molecule has 2 aromatic rings. The van der Waals surface area contributed by atoms with Crippen LogP contribution in [0.5, 0.6) is 0 Å². The molecule has 2 aliphatic heterocycles. The van der Waals surface area contributed by atoms with Crippen LogP contribution in [0.4, 0.5) is 15.8 Å². The number of carbonyl (C=O) groups excluding carboxylic acids is 3. The second-order valence-corrected chi connectivity index (χ2v) is 9.84. The summed E-state index contributed by atoms with van der Waals surface area (Å²) in [5.41, 5.74) is 1.56. The van der Waals surface area contributed by atoms with E-state index in [9.17, 15) is 18.8 Å². The van der Waals surface area contributed by atoms with Crippen molar-refractivity contribution in [1.29, 1.82) is 0 Å². The van der Waals surface area contributed by atoms with Gasteiger partial charge in [0.15, 0.2) is 0 Å². The minimum Gasteiger partial charge on any atom is -0.368 e. The first kappa shape index (κ1) is 22.7. The van der Waals surface area contributed by atoms with Crippen LogP contribution in [0.15, 0.2) is 65.6 Å². The van der Waals surface area contributed by atoms with Gasteiger partial charge in [-0.15, -0.1) is 11.8 Å². The molecule has 8 heteroatoms. The fourth-order valence-corrected chi connectivity index (χ4v) is 5.65. The second-order valence-electron chi connectivity index (χ2n) is 8.79. The molecule has 1 aliphatic carbocycles. The van der Waals surface area contributed by atoms with Crippen LogP contribution >= 0.6 is 11.8 Å². The molecule has 0 aromatic heterocycles. The van der Waals surface area contributed by atoms with Crippen molar-refractivity contribution >= 4 is 40.9 Å². The molecular formula is C26H26FN3O3S. The lowest BCUT2D eigenvalue weighted by Crippen LogP contribution is -2.49. The smallest absolute Gasteiger partial charge is 0.238 e. The van der Waals surface area contributed by atoms with Gasteiger partial charge >= 0.3 is 0 Å². The Labute approximate surface area is 202 Å². The van der Waals surface area contributed by atoms with E-state index in [2.05, 4.69) is 4.90 Å². The summed E-state index contributed by atoms with van der Waals surface area (Å²) in [6.07, 6.45) is 5.21. The van der Waals surface area contributed by atoms with E-state index >= 15 is 0 Å². The lowest BCUT2D eigenvalue weighted by atomic mass is 9.85. The second kappa shape index (κ2) is 9.62. The predicted octanol–water partition coefficient (Wildman–Crippen LogP) is 3.72. The van der Waals surface area contributed by atoms with Gasteiger partial charge in [0, 0.05) is 36.8 Å². The third kappa shape index (κ3) is 4.46. The van der Waals surface area contributed by atoms with Gasteiger partial charge in [-0.3, -0.25) is 19.3 Å². The van der Waals surface area contributed by atoms with Crippen molar-refractivity contribution in [3.8, 4) is 0 Å². The highest BCUT2D eigenvalue weighted by Crippen LogP contribution is 2.38. The van der Waals surface area contributed by atoms with Crippen LogP contribution in [0.2, 0.25) is 0 Å². The molecule has 2 heterocycles. The van der Waals surface area contributed by atoms with Gasteiger partial charge in [0.2, 0.25) is 17.7 Å². The SMILES string of the molecule is O=C(CSc1ccc(N2C(=O)[C@@H]3CC=CC[C@H]3C2=O)cc1)N1CCN(c2ccc(F)cc2)CC1. The maximum Gasteiger partial charge on any atom is 0.238 e. The normalized spacial score (nSPS) is 22.3. The molecule has 176 valence electrons. The Bertz CT molecular complexity index is 1090. The Morgan fingerprint density at radius 3 is 1.97 bits per heavy atom. The molecule has 3 amide bonds. The molecule has 6 nitrogen and oxygen atoms in total. The largest absolute Gasteiger partial charge is 0.368 e. The van der Waals surface area contributed by atoms with Gasteiger partial charge in [-0.1, -0.05) is 12.2 Å². The van der Waals surface area contributed by atoms with E-state index in [4.69, 9.17) is 0 Å². The topological polar surface area (TPSA) is 60.9 Å². The molecular weight excluding hydrogens is 453 g/mol. The van der Waals surface area contributed by atoms with Gasteiger partial charge < -0.3 is 9.80 Å². The van der Waals surface area contributed by atoms with E-state index in [1.165, 1.54) is 28.8 Å². The summed E-state index contributed by atoms with van der Waals surface area (Å²) in [5, 5.41) is 0. The number of hydrogen-bond acceptors (Lipinski definition) is 5. The number of hydrogen-bond donors (Lipinski definition) is 0. The summed E-state index contributed by atoms with van der Waals surface area (Å²) >= 11 is 1.45. The number of rotatable bonds is 5. The number of anilines is 2. The van der Waals surface area contributed by atoms with Gasteiger partial charge in [-0.05, 0) is 61.4 Å². The lowest BCUT2D eigenvalue weighted by Gasteiger charge is -2.36. The molecule has 0 N–H and O–H groups in total.